The number of ether oxygens (including phenoxy) is 1. The first-order valence-corrected chi connectivity index (χ1v) is 6.34. The smallest absolute Gasteiger partial charge is 0.158 e. The lowest BCUT2D eigenvalue weighted by molar-refractivity contribution is 0.415. The van der Waals surface area contributed by atoms with Crippen LogP contribution >= 0.6 is 0 Å². The maximum absolute atomic E-state index is 9.12. The van der Waals surface area contributed by atoms with E-state index in [2.05, 4.69) is 22.5 Å². The molecule has 3 N–H and O–H groups in total. The molecule has 1 aromatic carbocycles. The zero-order valence-corrected chi connectivity index (χ0v) is 11.1. The second kappa shape index (κ2) is 4.83. The van der Waals surface area contributed by atoms with Crippen LogP contribution in [0.1, 0.15) is 16.7 Å². The maximum atomic E-state index is 9.12. The first kappa shape index (κ1) is 12.5. The van der Waals surface area contributed by atoms with Gasteiger partial charge in [0.1, 0.15) is 11.8 Å². The average Bonchev–Trinajstić information content (AvgIpc) is 2.52. The molecule has 3 rings (SSSR count). The minimum atomic E-state index is 0.405. The van der Waals surface area contributed by atoms with E-state index in [1.165, 1.54) is 5.56 Å². The molecule has 1 aromatic heterocycles. The minimum absolute atomic E-state index is 0.405. The van der Waals surface area contributed by atoms with Gasteiger partial charge >= 0.3 is 0 Å². The molecule has 100 valence electrons. The molecule has 0 saturated heterocycles. The van der Waals surface area contributed by atoms with E-state index >= 15 is 0 Å². The van der Waals surface area contributed by atoms with Crippen LogP contribution in [0, 0.1) is 11.3 Å². The Morgan fingerprint density at radius 3 is 2.80 bits per heavy atom. The third-order valence-corrected chi connectivity index (χ3v) is 3.59. The molecule has 2 aromatic rings. The number of nitrogens with one attached hydrogen (secondary N) is 1. The number of methoxy groups -OCH3 is 1. The van der Waals surface area contributed by atoms with E-state index < -0.39 is 0 Å². The van der Waals surface area contributed by atoms with Crippen molar-refractivity contribution >= 4 is 5.82 Å². The van der Waals surface area contributed by atoms with E-state index in [0.717, 1.165) is 35.4 Å². The Morgan fingerprint density at radius 2 is 2.10 bits per heavy atom. The summed E-state index contributed by atoms with van der Waals surface area (Å²) < 4.78 is 5.28. The summed E-state index contributed by atoms with van der Waals surface area (Å²) >= 11 is 0. The number of pyridine rings is 1. The molecule has 20 heavy (non-hydrogen) atoms. The summed E-state index contributed by atoms with van der Waals surface area (Å²) in [4.78, 5) is 4.51. The van der Waals surface area contributed by atoms with Gasteiger partial charge in [0.2, 0.25) is 0 Å². The Morgan fingerprint density at radius 1 is 1.30 bits per heavy atom. The SMILES string of the molecule is COc1ccc2c(c1)-c1nc(NN)c(C#N)cc1CC2. The predicted octanol–water partition coefficient (Wildman–Crippen LogP) is 2.01. The monoisotopic (exact) mass is 266 g/mol. The molecule has 0 bridgehead atoms. The summed E-state index contributed by atoms with van der Waals surface area (Å²) in [5, 5.41) is 9.12. The number of fused-ring (bicyclic) bond motifs is 3. The molecular weight excluding hydrogens is 252 g/mol. The Balaban J connectivity index is 2.22. The number of hydrogen-bond donors (Lipinski definition) is 2. The number of nitrogens with zero attached hydrogens (tertiary/aromatic N) is 2. The van der Waals surface area contributed by atoms with Crippen molar-refractivity contribution in [3.05, 3.63) is 41.0 Å². The maximum Gasteiger partial charge on any atom is 0.158 e. The van der Waals surface area contributed by atoms with Gasteiger partial charge < -0.3 is 10.2 Å². The third kappa shape index (κ3) is 1.87. The Kier molecular flexibility index (Phi) is 3.01. The van der Waals surface area contributed by atoms with Gasteiger partial charge in [-0.2, -0.15) is 5.26 Å². The molecule has 0 amide bonds. The fourth-order valence-electron chi connectivity index (χ4n) is 2.56. The Bertz CT molecular complexity index is 719. The van der Waals surface area contributed by atoms with Crippen molar-refractivity contribution in [1.82, 2.24) is 4.98 Å². The molecule has 0 unspecified atom stereocenters. The van der Waals surface area contributed by atoms with Gasteiger partial charge in [0.05, 0.1) is 18.4 Å². The largest absolute Gasteiger partial charge is 0.497 e. The number of benzene rings is 1. The number of aromatic nitrogens is 1. The van der Waals surface area contributed by atoms with Crippen LogP contribution in [0.4, 0.5) is 5.82 Å². The number of aryl methyl sites for hydroxylation is 2. The number of nitriles is 1. The van der Waals surface area contributed by atoms with Crippen molar-refractivity contribution in [1.29, 1.82) is 5.26 Å². The topological polar surface area (TPSA) is 84.0 Å². The van der Waals surface area contributed by atoms with Gasteiger partial charge in [0.25, 0.3) is 0 Å². The summed E-state index contributed by atoms with van der Waals surface area (Å²) in [6.07, 6.45) is 1.81. The number of rotatable bonds is 2. The lowest BCUT2D eigenvalue weighted by Gasteiger charge is -2.20. The highest BCUT2D eigenvalue weighted by Crippen LogP contribution is 2.36. The first-order chi connectivity index (χ1) is 9.76. The van der Waals surface area contributed by atoms with Gasteiger partial charge in [-0.3, -0.25) is 0 Å². The third-order valence-electron chi connectivity index (χ3n) is 3.59. The van der Waals surface area contributed by atoms with Crippen LogP contribution in [0.3, 0.4) is 0 Å². The van der Waals surface area contributed by atoms with Gasteiger partial charge in [-0.05, 0) is 42.2 Å². The van der Waals surface area contributed by atoms with E-state index in [1.54, 1.807) is 7.11 Å². The minimum Gasteiger partial charge on any atom is -0.497 e. The fraction of sp³-hybridized carbons (Fsp3) is 0.200. The molecule has 0 aliphatic heterocycles. The fourth-order valence-corrected chi connectivity index (χ4v) is 2.56. The highest BCUT2D eigenvalue weighted by molar-refractivity contribution is 5.74. The van der Waals surface area contributed by atoms with Gasteiger partial charge in [-0.25, -0.2) is 10.8 Å². The van der Waals surface area contributed by atoms with Crippen LogP contribution in [0.2, 0.25) is 0 Å². The Hall–Kier alpha value is -2.58. The molecular formula is C15H14N4O. The van der Waals surface area contributed by atoms with Gasteiger partial charge in [0.15, 0.2) is 5.82 Å². The van der Waals surface area contributed by atoms with Crippen molar-refractivity contribution in [2.45, 2.75) is 12.8 Å². The summed E-state index contributed by atoms with van der Waals surface area (Å²) in [7, 11) is 1.64. The van der Waals surface area contributed by atoms with E-state index in [4.69, 9.17) is 15.8 Å². The normalized spacial score (nSPS) is 12.1. The Labute approximate surface area is 117 Å². The zero-order valence-electron chi connectivity index (χ0n) is 11.1. The van der Waals surface area contributed by atoms with Crippen LogP contribution in [0.15, 0.2) is 24.3 Å². The van der Waals surface area contributed by atoms with E-state index in [-0.39, 0.29) is 0 Å². The standard InChI is InChI=1S/C15H14N4O/c1-20-12-5-4-9-2-3-10-6-11(8-16)15(19-17)18-14(10)13(9)7-12/h4-7H,2-3,17H2,1H3,(H,18,19). The summed E-state index contributed by atoms with van der Waals surface area (Å²) in [5.41, 5.74) is 7.19. The van der Waals surface area contributed by atoms with Crippen LogP contribution in [-0.4, -0.2) is 12.1 Å². The van der Waals surface area contributed by atoms with E-state index in [9.17, 15) is 0 Å². The molecule has 0 radical (unpaired) electrons. The van der Waals surface area contributed by atoms with Crippen molar-refractivity contribution in [3.8, 4) is 23.1 Å². The highest BCUT2D eigenvalue weighted by atomic mass is 16.5. The lowest BCUT2D eigenvalue weighted by atomic mass is 9.88. The lowest BCUT2D eigenvalue weighted by Crippen LogP contribution is -2.14. The summed E-state index contributed by atoms with van der Waals surface area (Å²) in [6.45, 7) is 0. The first-order valence-electron chi connectivity index (χ1n) is 6.34. The molecule has 0 spiro atoms. The zero-order chi connectivity index (χ0) is 14.1. The number of nitrogen functional groups attached to an aromatic ring is 1. The van der Waals surface area contributed by atoms with E-state index in [1.807, 2.05) is 18.2 Å². The summed E-state index contributed by atoms with van der Waals surface area (Å²) in [6, 6.07) is 9.97. The van der Waals surface area contributed by atoms with Crippen molar-refractivity contribution in [2.75, 3.05) is 12.5 Å². The molecule has 0 atom stereocenters. The van der Waals surface area contributed by atoms with Gasteiger partial charge in [-0.15, -0.1) is 0 Å². The van der Waals surface area contributed by atoms with Gasteiger partial charge in [-0.1, -0.05) is 6.07 Å². The molecule has 1 aliphatic rings. The molecule has 1 heterocycles. The molecule has 0 saturated carbocycles. The number of hydrazine groups is 1. The quantitative estimate of drug-likeness (QED) is 0.641. The highest BCUT2D eigenvalue weighted by Gasteiger charge is 2.20. The van der Waals surface area contributed by atoms with Crippen LogP contribution in [0.25, 0.3) is 11.3 Å². The molecule has 5 heteroatoms. The van der Waals surface area contributed by atoms with E-state index in [0.29, 0.717) is 11.4 Å². The van der Waals surface area contributed by atoms with Crippen LogP contribution < -0.4 is 16.0 Å². The average molecular weight is 266 g/mol. The summed E-state index contributed by atoms with van der Waals surface area (Å²) in [5.74, 6) is 6.65. The van der Waals surface area contributed by atoms with Crippen LogP contribution in [-0.2, 0) is 12.8 Å². The van der Waals surface area contributed by atoms with Crippen LogP contribution in [0.5, 0.6) is 5.75 Å². The number of nitrogens with two attached hydrogens (primary N) is 1. The van der Waals surface area contributed by atoms with Crippen molar-refractivity contribution in [3.63, 3.8) is 0 Å². The second-order valence-electron chi connectivity index (χ2n) is 4.67. The van der Waals surface area contributed by atoms with Crippen molar-refractivity contribution < 1.29 is 4.74 Å². The van der Waals surface area contributed by atoms with Crippen molar-refractivity contribution in [2.24, 2.45) is 5.84 Å². The van der Waals surface area contributed by atoms with Gasteiger partial charge in [0, 0.05) is 5.56 Å². The second-order valence-corrected chi connectivity index (χ2v) is 4.67. The molecule has 1 aliphatic carbocycles. The molecule has 5 nitrogen and oxygen atoms in total. The predicted molar refractivity (Wildman–Crippen MR) is 76.2 cm³/mol. The number of hydrogen-bond acceptors (Lipinski definition) is 5. The molecule has 0 fully saturated rings. The number of anilines is 1.